The van der Waals surface area contributed by atoms with E-state index in [2.05, 4.69) is 42.5 Å². The summed E-state index contributed by atoms with van der Waals surface area (Å²) < 4.78 is 5.20. The van der Waals surface area contributed by atoms with E-state index in [1.54, 1.807) is 4.90 Å². The van der Waals surface area contributed by atoms with Crippen LogP contribution in [-0.2, 0) is 13.0 Å². The molecule has 25 heavy (non-hydrogen) atoms. The number of aryl methyl sites for hydroxylation is 3. The molecule has 5 heteroatoms. The van der Waals surface area contributed by atoms with Crippen molar-refractivity contribution < 1.29 is 9.32 Å². The first-order valence-corrected chi connectivity index (χ1v) is 8.81. The number of carbonyl (C=O) groups is 1. The van der Waals surface area contributed by atoms with Crippen LogP contribution in [0.15, 0.2) is 28.8 Å². The van der Waals surface area contributed by atoms with Crippen LogP contribution in [0.2, 0.25) is 0 Å². The maximum absolute atomic E-state index is 12.8. The highest BCUT2D eigenvalue weighted by molar-refractivity contribution is 5.74. The van der Waals surface area contributed by atoms with Gasteiger partial charge in [0.2, 0.25) is 0 Å². The SMILES string of the molecule is Cc1noc(C)c1CN(C)C(=O)NC1c2ccccc2CCC1(C)C. The van der Waals surface area contributed by atoms with E-state index in [9.17, 15) is 4.79 Å². The van der Waals surface area contributed by atoms with Crippen LogP contribution in [0, 0.1) is 19.3 Å². The van der Waals surface area contributed by atoms with Crippen molar-refractivity contribution in [3.63, 3.8) is 0 Å². The number of nitrogens with zero attached hydrogens (tertiary/aromatic N) is 2. The zero-order valence-electron chi connectivity index (χ0n) is 15.7. The van der Waals surface area contributed by atoms with E-state index in [-0.39, 0.29) is 17.5 Å². The van der Waals surface area contributed by atoms with Gasteiger partial charge in [0.05, 0.1) is 18.3 Å². The lowest BCUT2D eigenvalue weighted by molar-refractivity contribution is 0.172. The minimum Gasteiger partial charge on any atom is -0.361 e. The van der Waals surface area contributed by atoms with Gasteiger partial charge in [-0.2, -0.15) is 0 Å². The van der Waals surface area contributed by atoms with Gasteiger partial charge < -0.3 is 14.7 Å². The van der Waals surface area contributed by atoms with Crippen molar-refractivity contribution in [1.82, 2.24) is 15.4 Å². The number of hydrogen-bond acceptors (Lipinski definition) is 3. The average molecular weight is 341 g/mol. The zero-order chi connectivity index (χ0) is 18.2. The van der Waals surface area contributed by atoms with Crippen LogP contribution >= 0.6 is 0 Å². The molecular weight excluding hydrogens is 314 g/mol. The smallest absolute Gasteiger partial charge is 0.317 e. The van der Waals surface area contributed by atoms with Crippen LogP contribution in [0.1, 0.15) is 54.5 Å². The van der Waals surface area contributed by atoms with Gasteiger partial charge in [0.25, 0.3) is 0 Å². The van der Waals surface area contributed by atoms with E-state index < -0.39 is 0 Å². The van der Waals surface area contributed by atoms with Gasteiger partial charge in [0, 0.05) is 12.6 Å². The number of amides is 2. The fourth-order valence-electron chi connectivity index (χ4n) is 3.61. The fourth-order valence-corrected chi connectivity index (χ4v) is 3.61. The summed E-state index contributed by atoms with van der Waals surface area (Å²) in [4.78, 5) is 14.5. The third-order valence-corrected chi connectivity index (χ3v) is 5.38. The monoisotopic (exact) mass is 341 g/mol. The molecule has 5 nitrogen and oxygen atoms in total. The summed E-state index contributed by atoms with van der Waals surface area (Å²) in [5, 5.41) is 7.22. The molecule has 2 aromatic rings. The molecule has 1 N–H and O–H groups in total. The lowest BCUT2D eigenvalue weighted by Gasteiger charge is -2.41. The lowest BCUT2D eigenvalue weighted by Crippen LogP contribution is -2.45. The van der Waals surface area contributed by atoms with Gasteiger partial charge >= 0.3 is 6.03 Å². The number of benzene rings is 1. The van der Waals surface area contributed by atoms with E-state index in [1.165, 1.54) is 11.1 Å². The number of rotatable bonds is 3. The molecule has 2 amide bonds. The number of carbonyl (C=O) groups excluding carboxylic acids is 1. The Kier molecular flexibility index (Phi) is 4.58. The normalized spacial score (nSPS) is 18.5. The van der Waals surface area contributed by atoms with Crippen LogP contribution in [0.25, 0.3) is 0 Å². The summed E-state index contributed by atoms with van der Waals surface area (Å²) in [5.41, 5.74) is 4.40. The Balaban J connectivity index is 1.77. The van der Waals surface area contributed by atoms with Crippen molar-refractivity contribution in [2.24, 2.45) is 5.41 Å². The van der Waals surface area contributed by atoms with E-state index in [0.717, 1.165) is 29.9 Å². The number of aromatic nitrogens is 1. The molecule has 0 aliphatic heterocycles. The second kappa shape index (κ2) is 6.54. The van der Waals surface area contributed by atoms with Gasteiger partial charge in [-0.1, -0.05) is 43.3 Å². The molecule has 1 heterocycles. The van der Waals surface area contributed by atoms with Crippen LogP contribution in [0.3, 0.4) is 0 Å². The molecule has 3 rings (SSSR count). The summed E-state index contributed by atoms with van der Waals surface area (Å²) in [6.45, 7) is 8.71. The maximum atomic E-state index is 12.8. The van der Waals surface area contributed by atoms with Gasteiger partial charge in [0.15, 0.2) is 0 Å². The van der Waals surface area contributed by atoms with Gasteiger partial charge in [-0.25, -0.2) is 4.79 Å². The first kappa shape index (κ1) is 17.5. The average Bonchev–Trinajstić information content (AvgIpc) is 2.89. The number of hydrogen-bond donors (Lipinski definition) is 1. The predicted octanol–water partition coefficient (Wildman–Crippen LogP) is 4.15. The van der Waals surface area contributed by atoms with Crippen molar-refractivity contribution in [1.29, 1.82) is 0 Å². The summed E-state index contributed by atoms with van der Waals surface area (Å²) in [6, 6.07) is 8.35. The Morgan fingerprint density at radius 2 is 2.08 bits per heavy atom. The highest BCUT2D eigenvalue weighted by Gasteiger charge is 2.37. The van der Waals surface area contributed by atoms with Gasteiger partial charge in [-0.15, -0.1) is 0 Å². The zero-order valence-corrected chi connectivity index (χ0v) is 15.7. The van der Waals surface area contributed by atoms with E-state index in [1.807, 2.05) is 27.0 Å². The molecule has 1 aromatic heterocycles. The van der Waals surface area contributed by atoms with Crippen LogP contribution in [0.4, 0.5) is 4.79 Å². The predicted molar refractivity (Wildman–Crippen MR) is 97.3 cm³/mol. The standard InChI is InChI=1S/C20H27N3O2/c1-13-17(14(2)25-22-13)12-23(5)19(24)21-18-16-9-7-6-8-15(16)10-11-20(18,3)4/h6-9,18H,10-12H2,1-5H3,(H,21,24). The molecule has 0 spiro atoms. The van der Waals surface area contributed by atoms with E-state index >= 15 is 0 Å². The molecule has 0 bridgehead atoms. The Labute approximate surface area is 149 Å². The molecule has 0 fully saturated rings. The summed E-state index contributed by atoms with van der Waals surface area (Å²) >= 11 is 0. The summed E-state index contributed by atoms with van der Waals surface area (Å²) in [6.07, 6.45) is 2.12. The molecule has 1 atom stereocenters. The minimum atomic E-state index is -0.0743. The van der Waals surface area contributed by atoms with Crippen LogP contribution in [0.5, 0.6) is 0 Å². The lowest BCUT2D eigenvalue weighted by atomic mass is 9.70. The Morgan fingerprint density at radius 1 is 1.36 bits per heavy atom. The van der Waals surface area contributed by atoms with Crippen molar-refractivity contribution >= 4 is 6.03 Å². The van der Waals surface area contributed by atoms with Crippen molar-refractivity contribution in [3.05, 3.63) is 52.4 Å². The molecule has 0 saturated heterocycles. The summed E-state index contributed by atoms with van der Waals surface area (Å²) in [5.74, 6) is 0.764. The largest absolute Gasteiger partial charge is 0.361 e. The van der Waals surface area contributed by atoms with Crippen LogP contribution in [-0.4, -0.2) is 23.1 Å². The first-order valence-electron chi connectivity index (χ1n) is 8.81. The number of nitrogens with one attached hydrogen (secondary N) is 1. The number of fused-ring (bicyclic) bond motifs is 1. The topological polar surface area (TPSA) is 58.4 Å². The highest BCUT2D eigenvalue weighted by atomic mass is 16.5. The van der Waals surface area contributed by atoms with Gasteiger partial charge in [-0.3, -0.25) is 0 Å². The third-order valence-electron chi connectivity index (χ3n) is 5.38. The van der Waals surface area contributed by atoms with Crippen molar-refractivity contribution in [2.75, 3.05) is 7.05 Å². The molecule has 1 aromatic carbocycles. The highest BCUT2D eigenvalue weighted by Crippen LogP contribution is 2.43. The van der Waals surface area contributed by atoms with E-state index in [4.69, 9.17) is 4.52 Å². The van der Waals surface area contributed by atoms with Crippen LogP contribution < -0.4 is 5.32 Å². The summed E-state index contributed by atoms with van der Waals surface area (Å²) in [7, 11) is 1.81. The Bertz CT molecular complexity index is 759. The molecule has 0 saturated carbocycles. The van der Waals surface area contributed by atoms with Crippen molar-refractivity contribution in [3.8, 4) is 0 Å². The van der Waals surface area contributed by atoms with Gasteiger partial charge in [-0.05, 0) is 43.2 Å². The molecule has 0 radical (unpaired) electrons. The molecular formula is C20H27N3O2. The molecule has 1 unspecified atom stereocenters. The molecule has 1 aliphatic rings. The quantitative estimate of drug-likeness (QED) is 0.912. The third kappa shape index (κ3) is 3.41. The Hall–Kier alpha value is -2.30. The second-order valence-corrected chi connectivity index (χ2v) is 7.73. The minimum absolute atomic E-state index is 0.0112. The van der Waals surface area contributed by atoms with E-state index in [0.29, 0.717) is 6.54 Å². The number of urea groups is 1. The van der Waals surface area contributed by atoms with Gasteiger partial charge in [0.1, 0.15) is 5.76 Å². The fraction of sp³-hybridized carbons (Fsp3) is 0.500. The molecule has 134 valence electrons. The maximum Gasteiger partial charge on any atom is 0.317 e. The molecule has 1 aliphatic carbocycles. The Morgan fingerprint density at radius 3 is 2.76 bits per heavy atom. The first-order chi connectivity index (χ1) is 11.8. The second-order valence-electron chi connectivity index (χ2n) is 7.73. The van der Waals surface area contributed by atoms with Crippen molar-refractivity contribution in [2.45, 2.75) is 53.1 Å².